The van der Waals surface area contributed by atoms with Gasteiger partial charge >= 0.3 is 0 Å². The van der Waals surface area contributed by atoms with Crippen LogP contribution in [-0.4, -0.2) is 48.4 Å². The Hall–Kier alpha value is -0.870. The number of hydrogen-bond acceptors (Lipinski definition) is 3. The molecule has 1 N–H and O–H groups in total. The summed E-state index contributed by atoms with van der Waals surface area (Å²) in [7, 11) is 8.25. The molecule has 1 aromatic heterocycles. The summed E-state index contributed by atoms with van der Waals surface area (Å²) in [4.78, 5) is 2.21. The van der Waals surface area contributed by atoms with Crippen LogP contribution in [0.15, 0.2) is 6.07 Å². The molecule has 0 bridgehead atoms. The maximum atomic E-state index is 4.47. The largest absolute Gasteiger partial charge is 0.315 e. The van der Waals surface area contributed by atoms with E-state index in [0.717, 1.165) is 19.4 Å². The molecule has 92 valence electrons. The maximum Gasteiger partial charge on any atom is 0.0624 e. The summed E-state index contributed by atoms with van der Waals surface area (Å²) in [5.74, 6) is 0. The molecule has 0 aliphatic rings. The summed E-state index contributed by atoms with van der Waals surface area (Å²) in [6.07, 6.45) is 2.03. The van der Waals surface area contributed by atoms with Gasteiger partial charge in [0.2, 0.25) is 0 Å². The van der Waals surface area contributed by atoms with E-state index in [1.165, 1.54) is 11.4 Å². The Labute approximate surface area is 98.6 Å². The zero-order valence-electron chi connectivity index (χ0n) is 11.1. The number of rotatable bonds is 6. The molecule has 0 spiro atoms. The molecule has 0 aliphatic heterocycles. The minimum Gasteiger partial charge on any atom is -0.315 e. The molecule has 1 rings (SSSR count). The van der Waals surface area contributed by atoms with Crippen molar-refractivity contribution >= 4 is 0 Å². The van der Waals surface area contributed by atoms with Gasteiger partial charge in [-0.25, -0.2) is 0 Å². The summed E-state index contributed by atoms with van der Waals surface area (Å²) in [5.41, 5.74) is 2.48. The van der Waals surface area contributed by atoms with Gasteiger partial charge in [0.1, 0.15) is 0 Å². The van der Waals surface area contributed by atoms with Crippen molar-refractivity contribution in [1.82, 2.24) is 20.0 Å². The topological polar surface area (TPSA) is 33.1 Å². The van der Waals surface area contributed by atoms with Crippen LogP contribution in [0.1, 0.15) is 18.3 Å². The average molecular weight is 224 g/mol. The van der Waals surface area contributed by atoms with E-state index < -0.39 is 0 Å². The van der Waals surface area contributed by atoms with E-state index in [2.05, 4.69) is 42.4 Å². The van der Waals surface area contributed by atoms with Gasteiger partial charge in [-0.1, -0.05) is 6.92 Å². The van der Waals surface area contributed by atoms with E-state index in [4.69, 9.17) is 0 Å². The van der Waals surface area contributed by atoms with Crippen LogP contribution in [0, 0.1) is 0 Å². The van der Waals surface area contributed by atoms with Crippen LogP contribution >= 0.6 is 0 Å². The Balaban J connectivity index is 2.65. The lowest BCUT2D eigenvalue weighted by Crippen LogP contribution is -2.38. The van der Waals surface area contributed by atoms with Crippen LogP contribution in [0.4, 0.5) is 0 Å². The summed E-state index contributed by atoms with van der Waals surface area (Å²) in [6.45, 7) is 3.19. The third kappa shape index (κ3) is 3.61. The highest BCUT2D eigenvalue weighted by atomic mass is 15.3. The first kappa shape index (κ1) is 13.2. The summed E-state index contributed by atoms with van der Waals surface area (Å²) in [5, 5.41) is 7.82. The van der Waals surface area contributed by atoms with Crippen molar-refractivity contribution in [2.24, 2.45) is 7.05 Å². The van der Waals surface area contributed by atoms with Crippen LogP contribution in [0.25, 0.3) is 0 Å². The van der Waals surface area contributed by atoms with Gasteiger partial charge < -0.3 is 10.2 Å². The van der Waals surface area contributed by atoms with E-state index in [0.29, 0.717) is 6.04 Å². The smallest absolute Gasteiger partial charge is 0.0624 e. The van der Waals surface area contributed by atoms with Crippen molar-refractivity contribution in [3.8, 4) is 0 Å². The molecule has 0 amide bonds. The second-order valence-electron chi connectivity index (χ2n) is 4.56. The molecule has 0 fully saturated rings. The molecule has 0 aromatic carbocycles. The number of aryl methyl sites for hydroxylation is 2. The Bertz CT molecular complexity index is 317. The van der Waals surface area contributed by atoms with E-state index in [1.54, 1.807) is 0 Å². The van der Waals surface area contributed by atoms with Gasteiger partial charge in [0.15, 0.2) is 0 Å². The number of hydrogen-bond donors (Lipinski definition) is 1. The van der Waals surface area contributed by atoms with Crippen molar-refractivity contribution < 1.29 is 0 Å². The predicted molar refractivity (Wildman–Crippen MR) is 67.7 cm³/mol. The molecular weight excluding hydrogens is 200 g/mol. The summed E-state index contributed by atoms with van der Waals surface area (Å²) in [6, 6.07) is 2.69. The monoisotopic (exact) mass is 224 g/mol. The summed E-state index contributed by atoms with van der Waals surface area (Å²) < 4.78 is 2.00. The fourth-order valence-electron chi connectivity index (χ4n) is 1.89. The van der Waals surface area contributed by atoms with Crippen molar-refractivity contribution in [2.45, 2.75) is 25.8 Å². The van der Waals surface area contributed by atoms with Crippen molar-refractivity contribution in [2.75, 3.05) is 27.7 Å². The summed E-state index contributed by atoms with van der Waals surface area (Å²) >= 11 is 0. The van der Waals surface area contributed by atoms with Gasteiger partial charge in [0, 0.05) is 31.7 Å². The Morgan fingerprint density at radius 1 is 1.50 bits per heavy atom. The Morgan fingerprint density at radius 2 is 2.19 bits per heavy atom. The molecule has 0 saturated heterocycles. The lowest BCUT2D eigenvalue weighted by molar-refractivity contribution is 0.343. The van der Waals surface area contributed by atoms with Crippen LogP contribution in [0.2, 0.25) is 0 Å². The highest BCUT2D eigenvalue weighted by Gasteiger charge is 2.12. The zero-order chi connectivity index (χ0) is 12.1. The molecule has 0 saturated carbocycles. The van der Waals surface area contributed by atoms with E-state index in [9.17, 15) is 0 Å². The van der Waals surface area contributed by atoms with Crippen LogP contribution in [-0.2, 0) is 19.9 Å². The first-order chi connectivity index (χ1) is 7.56. The average Bonchev–Trinajstić information content (AvgIpc) is 2.58. The maximum absolute atomic E-state index is 4.47. The molecule has 0 radical (unpaired) electrons. The van der Waals surface area contributed by atoms with Gasteiger partial charge in [0.05, 0.1) is 5.69 Å². The normalized spacial score (nSPS) is 13.4. The fraction of sp³-hybridized carbons (Fsp3) is 0.750. The molecule has 4 nitrogen and oxygen atoms in total. The third-order valence-corrected chi connectivity index (χ3v) is 2.84. The molecule has 1 heterocycles. The van der Waals surface area contributed by atoms with Gasteiger partial charge in [-0.05, 0) is 33.6 Å². The van der Waals surface area contributed by atoms with Gasteiger partial charge in [0.25, 0.3) is 0 Å². The van der Waals surface area contributed by atoms with Crippen molar-refractivity contribution in [3.05, 3.63) is 17.5 Å². The molecule has 1 aromatic rings. The van der Waals surface area contributed by atoms with Gasteiger partial charge in [-0.3, -0.25) is 4.68 Å². The number of nitrogens with zero attached hydrogens (tertiary/aromatic N) is 3. The number of nitrogens with one attached hydrogen (secondary N) is 1. The second-order valence-corrected chi connectivity index (χ2v) is 4.56. The lowest BCUT2D eigenvalue weighted by atomic mass is 10.1. The van der Waals surface area contributed by atoms with Crippen molar-refractivity contribution in [1.29, 1.82) is 0 Å². The molecular formula is C12H24N4. The standard InChI is InChI=1S/C12H24N4/c1-6-10-7-12(16(5)14-10)8-11(13-2)9-15(3)4/h7,11,13H,6,8-9H2,1-5H3. The molecule has 0 aliphatic carbocycles. The second kappa shape index (κ2) is 6.01. The quantitative estimate of drug-likeness (QED) is 0.771. The van der Waals surface area contributed by atoms with Crippen LogP contribution < -0.4 is 5.32 Å². The number of likely N-dealkylation sites (N-methyl/N-ethyl adjacent to an activating group) is 2. The predicted octanol–water partition coefficient (Wildman–Crippen LogP) is 0.675. The zero-order valence-corrected chi connectivity index (χ0v) is 11.1. The SMILES string of the molecule is CCc1cc(CC(CN(C)C)NC)n(C)n1. The molecule has 4 heteroatoms. The van der Waals surface area contributed by atoms with E-state index in [-0.39, 0.29) is 0 Å². The van der Waals surface area contributed by atoms with Crippen LogP contribution in [0.3, 0.4) is 0 Å². The number of aromatic nitrogens is 2. The Kier molecular flexibility index (Phi) is 4.96. The third-order valence-electron chi connectivity index (χ3n) is 2.84. The highest BCUT2D eigenvalue weighted by molar-refractivity contribution is 5.11. The van der Waals surface area contributed by atoms with E-state index in [1.807, 2.05) is 18.8 Å². The highest BCUT2D eigenvalue weighted by Crippen LogP contribution is 2.07. The van der Waals surface area contributed by atoms with Gasteiger partial charge in [-0.15, -0.1) is 0 Å². The minimum atomic E-state index is 0.482. The van der Waals surface area contributed by atoms with E-state index >= 15 is 0 Å². The van der Waals surface area contributed by atoms with Crippen LogP contribution in [0.5, 0.6) is 0 Å². The first-order valence-electron chi connectivity index (χ1n) is 5.90. The van der Waals surface area contributed by atoms with Gasteiger partial charge in [-0.2, -0.15) is 5.10 Å². The van der Waals surface area contributed by atoms with Crippen molar-refractivity contribution in [3.63, 3.8) is 0 Å². The molecule has 1 unspecified atom stereocenters. The lowest BCUT2D eigenvalue weighted by Gasteiger charge is -2.20. The first-order valence-corrected chi connectivity index (χ1v) is 5.90. The molecule has 16 heavy (non-hydrogen) atoms. The minimum absolute atomic E-state index is 0.482. The molecule has 1 atom stereocenters. The fourth-order valence-corrected chi connectivity index (χ4v) is 1.89. The Morgan fingerprint density at radius 3 is 2.62 bits per heavy atom.